The highest BCUT2D eigenvalue weighted by molar-refractivity contribution is 6.30. The van der Waals surface area contributed by atoms with Gasteiger partial charge in [-0.15, -0.1) is 0 Å². The Kier molecular flexibility index (Phi) is 4.33. The van der Waals surface area contributed by atoms with Crippen molar-refractivity contribution in [2.75, 3.05) is 0 Å². The molecule has 0 unspecified atom stereocenters. The van der Waals surface area contributed by atoms with Gasteiger partial charge in [-0.25, -0.2) is 0 Å². The first kappa shape index (κ1) is 14.9. The summed E-state index contributed by atoms with van der Waals surface area (Å²) in [5.74, 6) is -0.0816. The van der Waals surface area contributed by atoms with E-state index >= 15 is 0 Å². The average Bonchev–Trinajstić information content (AvgIpc) is 3.16. The highest BCUT2D eigenvalue weighted by Crippen LogP contribution is 2.48. The Morgan fingerprint density at radius 3 is 2.55 bits per heavy atom. The van der Waals surface area contributed by atoms with Gasteiger partial charge >= 0.3 is 0 Å². The number of rotatable bonds is 4. The van der Waals surface area contributed by atoms with Crippen molar-refractivity contribution in [1.82, 2.24) is 10.9 Å². The molecule has 20 heavy (non-hydrogen) atoms. The monoisotopic (exact) mass is 294 g/mol. The smallest absolute Gasteiger partial charge is 0.249 e. The molecule has 2 N–H and O–H groups in total. The summed E-state index contributed by atoms with van der Waals surface area (Å²) in [5, 5.41) is 0.616. The zero-order valence-corrected chi connectivity index (χ0v) is 12.5. The van der Waals surface area contributed by atoms with E-state index in [4.69, 9.17) is 11.6 Å². The van der Waals surface area contributed by atoms with Crippen LogP contribution in [0.1, 0.15) is 38.7 Å². The van der Waals surface area contributed by atoms with E-state index in [0.717, 1.165) is 18.4 Å². The van der Waals surface area contributed by atoms with E-state index in [1.165, 1.54) is 0 Å². The van der Waals surface area contributed by atoms with E-state index in [-0.39, 0.29) is 17.7 Å². The van der Waals surface area contributed by atoms with E-state index in [2.05, 4.69) is 10.9 Å². The Labute approximate surface area is 123 Å². The molecule has 1 aliphatic rings. The Morgan fingerprint density at radius 2 is 2.00 bits per heavy atom. The van der Waals surface area contributed by atoms with Gasteiger partial charge in [-0.3, -0.25) is 20.4 Å². The standard InChI is InChI=1S/C15H19ClN2O2/c1-10(2)8-13(19)17-18-14(20)15(6-7-15)11-4-3-5-12(16)9-11/h3-5,9-10H,6-8H2,1-2H3,(H,17,19)(H,18,20). The largest absolute Gasteiger partial charge is 0.273 e. The zero-order chi connectivity index (χ0) is 14.8. The third-order valence-corrected chi connectivity index (χ3v) is 3.71. The van der Waals surface area contributed by atoms with Gasteiger partial charge < -0.3 is 0 Å². The average molecular weight is 295 g/mol. The van der Waals surface area contributed by atoms with E-state index in [9.17, 15) is 9.59 Å². The summed E-state index contributed by atoms with van der Waals surface area (Å²) in [6.07, 6.45) is 1.95. The lowest BCUT2D eigenvalue weighted by atomic mass is 9.95. The molecular formula is C15H19ClN2O2. The lowest BCUT2D eigenvalue weighted by molar-refractivity contribution is -0.130. The second-order valence-corrected chi connectivity index (χ2v) is 6.13. The first-order valence-electron chi connectivity index (χ1n) is 6.79. The molecule has 1 aliphatic carbocycles. The second-order valence-electron chi connectivity index (χ2n) is 5.69. The molecule has 108 valence electrons. The van der Waals surface area contributed by atoms with Crippen molar-refractivity contribution in [3.8, 4) is 0 Å². The number of carbonyl (C=O) groups is 2. The second kappa shape index (κ2) is 5.83. The molecule has 2 amide bonds. The quantitative estimate of drug-likeness (QED) is 0.839. The van der Waals surface area contributed by atoms with Crippen molar-refractivity contribution in [3.05, 3.63) is 34.9 Å². The molecule has 0 heterocycles. The molecule has 0 aliphatic heterocycles. The predicted octanol–water partition coefficient (Wildman–Crippen LogP) is 2.57. The summed E-state index contributed by atoms with van der Waals surface area (Å²) in [6, 6.07) is 7.32. The summed E-state index contributed by atoms with van der Waals surface area (Å²) < 4.78 is 0. The minimum atomic E-state index is -0.532. The minimum Gasteiger partial charge on any atom is -0.273 e. The van der Waals surface area contributed by atoms with Crippen LogP contribution < -0.4 is 10.9 Å². The predicted molar refractivity (Wildman–Crippen MR) is 78.1 cm³/mol. The van der Waals surface area contributed by atoms with Crippen LogP contribution in [0.4, 0.5) is 0 Å². The van der Waals surface area contributed by atoms with Gasteiger partial charge in [0.15, 0.2) is 0 Å². The maximum Gasteiger partial charge on any atom is 0.249 e. The Balaban J connectivity index is 1.97. The number of hydrogen-bond donors (Lipinski definition) is 2. The fourth-order valence-corrected chi connectivity index (χ4v) is 2.42. The summed E-state index contributed by atoms with van der Waals surface area (Å²) in [4.78, 5) is 23.8. The number of hydrazine groups is 1. The molecule has 0 atom stereocenters. The topological polar surface area (TPSA) is 58.2 Å². The third kappa shape index (κ3) is 3.31. The van der Waals surface area contributed by atoms with Crippen LogP contribution in [0.15, 0.2) is 24.3 Å². The van der Waals surface area contributed by atoms with Crippen LogP contribution in [0.25, 0.3) is 0 Å². The summed E-state index contributed by atoms with van der Waals surface area (Å²) in [6.45, 7) is 3.91. The van der Waals surface area contributed by atoms with E-state index in [0.29, 0.717) is 11.4 Å². The zero-order valence-electron chi connectivity index (χ0n) is 11.7. The van der Waals surface area contributed by atoms with Crippen molar-refractivity contribution in [2.45, 2.75) is 38.5 Å². The van der Waals surface area contributed by atoms with Crippen molar-refractivity contribution in [2.24, 2.45) is 5.92 Å². The van der Waals surface area contributed by atoms with Gasteiger partial charge in [0.25, 0.3) is 0 Å². The molecule has 0 spiro atoms. The van der Waals surface area contributed by atoms with Crippen LogP contribution in [0.3, 0.4) is 0 Å². The van der Waals surface area contributed by atoms with Crippen LogP contribution in [-0.4, -0.2) is 11.8 Å². The van der Waals surface area contributed by atoms with Crippen molar-refractivity contribution in [1.29, 1.82) is 0 Å². The van der Waals surface area contributed by atoms with E-state index < -0.39 is 5.41 Å². The van der Waals surface area contributed by atoms with Gasteiger partial charge in [-0.2, -0.15) is 0 Å². The van der Waals surface area contributed by atoms with Crippen LogP contribution in [0, 0.1) is 5.92 Å². The highest BCUT2D eigenvalue weighted by atomic mass is 35.5. The summed E-state index contributed by atoms with van der Waals surface area (Å²) in [7, 11) is 0. The fraction of sp³-hybridized carbons (Fsp3) is 0.467. The van der Waals surface area contributed by atoms with Crippen molar-refractivity contribution in [3.63, 3.8) is 0 Å². The Morgan fingerprint density at radius 1 is 1.30 bits per heavy atom. The van der Waals surface area contributed by atoms with E-state index in [1.807, 2.05) is 32.0 Å². The van der Waals surface area contributed by atoms with Crippen LogP contribution in [0.5, 0.6) is 0 Å². The van der Waals surface area contributed by atoms with Crippen LogP contribution >= 0.6 is 11.6 Å². The first-order valence-corrected chi connectivity index (χ1v) is 7.17. The molecule has 0 aromatic heterocycles. The maximum atomic E-state index is 12.3. The van der Waals surface area contributed by atoms with Gasteiger partial charge in [0.2, 0.25) is 11.8 Å². The lowest BCUT2D eigenvalue weighted by Crippen LogP contribution is -2.46. The highest BCUT2D eigenvalue weighted by Gasteiger charge is 2.51. The molecule has 0 bridgehead atoms. The molecular weight excluding hydrogens is 276 g/mol. The molecule has 5 heteroatoms. The third-order valence-electron chi connectivity index (χ3n) is 3.47. The number of carbonyl (C=O) groups excluding carboxylic acids is 2. The minimum absolute atomic E-state index is 0.170. The maximum absolute atomic E-state index is 12.3. The van der Waals surface area contributed by atoms with Crippen molar-refractivity contribution >= 4 is 23.4 Å². The number of nitrogens with one attached hydrogen (secondary N) is 2. The van der Waals surface area contributed by atoms with Gasteiger partial charge in [-0.05, 0) is 36.5 Å². The van der Waals surface area contributed by atoms with Crippen LogP contribution in [0.2, 0.25) is 5.02 Å². The van der Waals surface area contributed by atoms with Gasteiger partial charge in [0.05, 0.1) is 5.41 Å². The lowest BCUT2D eigenvalue weighted by Gasteiger charge is -2.16. The summed E-state index contributed by atoms with van der Waals surface area (Å²) >= 11 is 5.97. The number of halogens is 1. The van der Waals surface area contributed by atoms with Gasteiger partial charge in [0.1, 0.15) is 0 Å². The van der Waals surface area contributed by atoms with Crippen molar-refractivity contribution < 1.29 is 9.59 Å². The molecule has 4 nitrogen and oxygen atoms in total. The Hall–Kier alpha value is -1.55. The molecule has 1 fully saturated rings. The van der Waals surface area contributed by atoms with Gasteiger partial charge in [0, 0.05) is 11.4 Å². The summed E-state index contributed by atoms with van der Waals surface area (Å²) in [5.41, 5.74) is 5.37. The molecule has 0 radical (unpaired) electrons. The molecule has 2 rings (SSSR count). The van der Waals surface area contributed by atoms with E-state index in [1.54, 1.807) is 6.07 Å². The molecule has 1 saturated carbocycles. The normalized spacial score (nSPS) is 15.8. The number of benzene rings is 1. The molecule has 1 aromatic rings. The molecule has 1 aromatic carbocycles. The Bertz CT molecular complexity index is 524. The molecule has 0 saturated heterocycles. The number of hydrogen-bond acceptors (Lipinski definition) is 2. The van der Waals surface area contributed by atoms with Crippen LogP contribution in [-0.2, 0) is 15.0 Å². The number of amides is 2. The SMILES string of the molecule is CC(C)CC(=O)NNC(=O)C1(c2cccc(Cl)c2)CC1. The van der Waals surface area contributed by atoms with Gasteiger partial charge in [-0.1, -0.05) is 37.6 Å². The first-order chi connectivity index (χ1) is 9.44. The fourth-order valence-electron chi connectivity index (χ4n) is 2.23.